The molecule has 10 heteroatoms. The number of nitrogens with zero attached hydrogens (tertiary/aromatic N) is 5. The highest BCUT2D eigenvalue weighted by molar-refractivity contribution is 7.20. The van der Waals surface area contributed by atoms with Crippen molar-refractivity contribution in [3.05, 3.63) is 46.4 Å². The molecule has 1 aliphatic rings. The van der Waals surface area contributed by atoms with Crippen LogP contribution in [0.25, 0.3) is 21.6 Å². The summed E-state index contributed by atoms with van der Waals surface area (Å²) in [7, 11) is 3.15. The number of aromatic nitrogens is 5. The van der Waals surface area contributed by atoms with Crippen molar-refractivity contribution in [1.82, 2.24) is 24.7 Å². The van der Waals surface area contributed by atoms with Gasteiger partial charge in [-0.1, -0.05) is 18.6 Å². The molecule has 3 aromatic heterocycles. The first kappa shape index (κ1) is 22.4. The van der Waals surface area contributed by atoms with Crippen LogP contribution in [0.4, 0.5) is 5.69 Å². The Morgan fingerprint density at radius 1 is 1.18 bits per heavy atom. The fourth-order valence-corrected chi connectivity index (χ4v) is 5.41. The van der Waals surface area contributed by atoms with Crippen LogP contribution in [0.3, 0.4) is 0 Å². The third-order valence-electron chi connectivity index (χ3n) is 5.96. The molecule has 1 aliphatic heterocycles. The van der Waals surface area contributed by atoms with Gasteiger partial charge in [-0.05, 0) is 37.5 Å². The molecule has 0 unspecified atom stereocenters. The number of aryl methyl sites for hydroxylation is 2. The van der Waals surface area contributed by atoms with Crippen molar-refractivity contribution in [2.45, 2.75) is 45.8 Å². The molecule has 0 aliphatic carbocycles. The SMILES string of the molecule is COCc1nc(OC)c2c(C)c(C(=O)Nc3cccc(-c4nnc5n4CCCCC5)c3)sc2n1. The number of amides is 1. The minimum atomic E-state index is -0.201. The minimum absolute atomic E-state index is 0.201. The second-order valence-electron chi connectivity index (χ2n) is 8.26. The molecular formula is C24H26N6O3S. The van der Waals surface area contributed by atoms with Gasteiger partial charge < -0.3 is 19.4 Å². The van der Waals surface area contributed by atoms with Crippen LogP contribution >= 0.6 is 11.3 Å². The molecule has 0 saturated carbocycles. The van der Waals surface area contributed by atoms with Crippen LogP contribution in [0.5, 0.6) is 5.88 Å². The molecule has 5 rings (SSSR count). The van der Waals surface area contributed by atoms with Gasteiger partial charge in [0.1, 0.15) is 17.3 Å². The molecule has 0 fully saturated rings. The van der Waals surface area contributed by atoms with Crippen molar-refractivity contribution in [1.29, 1.82) is 0 Å². The van der Waals surface area contributed by atoms with E-state index < -0.39 is 0 Å². The van der Waals surface area contributed by atoms with Gasteiger partial charge in [0.05, 0.1) is 17.4 Å². The second kappa shape index (κ2) is 9.47. The van der Waals surface area contributed by atoms with Gasteiger partial charge >= 0.3 is 0 Å². The number of fused-ring (bicyclic) bond motifs is 2. The topological polar surface area (TPSA) is 104 Å². The Kier molecular flexibility index (Phi) is 6.25. The van der Waals surface area contributed by atoms with E-state index in [1.807, 2.05) is 31.2 Å². The Labute approximate surface area is 201 Å². The van der Waals surface area contributed by atoms with Crippen LogP contribution in [-0.4, -0.2) is 44.9 Å². The molecule has 0 bridgehead atoms. The summed E-state index contributed by atoms with van der Waals surface area (Å²) in [5, 5.41) is 12.6. The van der Waals surface area contributed by atoms with Crippen molar-refractivity contribution < 1.29 is 14.3 Å². The average molecular weight is 479 g/mol. The van der Waals surface area contributed by atoms with Gasteiger partial charge in [0.2, 0.25) is 5.88 Å². The van der Waals surface area contributed by atoms with Crippen LogP contribution < -0.4 is 10.1 Å². The van der Waals surface area contributed by atoms with E-state index in [-0.39, 0.29) is 12.5 Å². The summed E-state index contributed by atoms with van der Waals surface area (Å²) >= 11 is 1.32. The predicted molar refractivity (Wildman–Crippen MR) is 130 cm³/mol. The van der Waals surface area contributed by atoms with Crippen molar-refractivity contribution in [3.8, 4) is 17.3 Å². The number of hydrogen-bond donors (Lipinski definition) is 1. The molecule has 176 valence electrons. The zero-order valence-corrected chi connectivity index (χ0v) is 20.2. The summed E-state index contributed by atoms with van der Waals surface area (Å²) in [5.74, 6) is 2.63. The van der Waals surface area contributed by atoms with Gasteiger partial charge in [0, 0.05) is 31.3 Å². The van der Waals surface area contributed by atoms with Crippen LogP contribution in [0.2, 0.25) is 0 Å². The van der Waals surface area contributed by atoms with Gasteiger partial charge in [-0.25, -0.2) is 4.98 Å². The number of ether oxygens (including phenoxy) is 2. The zero-order valence-electron chi connectivity index (χ0n) is 19.4. The highest BCUT2D eigenvalue weighted by Gasteiger charge is 2.22. The fraction of sp³-hybridized carbons (Fsp3) is 0.375. The maximum absolute atomic E-state index is 13.2. The zero-order chi connectivity index (χ0) is 23.7. The normalized spacial score (nSPS) is 13.5. The van der Waals surface area contributed by atoms with E-state index in [1.54, 1.807) is 14.2 Å². The van der Waals surface area contributed by atoms with Crippen molar-refractivity contribution in [3.63, 3.8) is 0 Å². The number of hydrogen-bond acceptors (Lipinski definition) is 8. The van der Waals surface area contributed by atoms with E-state index in [0.717, 1.165) is 54.0 Å². The third kappa shape index (κ3) is 4.14. The van der Waals surface area contributed by atoms with Crippen molar-refractivity contribution in [2.24, 2.45) is 0 Å². The Morgan fingerprint density at radius 2 is 2.06 bits per heavy atom. The van der Waals surface area contributed by atoms with E-state index >= 15 is 0 Å². The first-order chi connectivity index (χ1) is 16.6. The summed E-state index contributed by atoms with van der Waals surface area (Å²) in [6, 6.07) is 7.74. The van der Waals surface area contributed by atoms with Gasteiger partial charge in [-0.15, -0.1) is 21.5 Å². The summed E-state index contributed by atoms with van der Waals surface area (Å²) in [4.78, 5) is 23.5. The average Bonchev–Trinajstić information content (AvgIpc) is 3.31. The summed E-state index contributed by atoms with van der Waals surface area (Å²) in [6.07, 6.45) is 4.42. The molecule has 9 nitrogen and oxygen atoms in total. The number of nitrogens with one attached hydrogen (secondary N) is 1. The highest BCUT2D eigenvalue weighted by Crippen LogP contribution is 2.35. The maximum atomic E-state index is 13.2. The number of carbonyl (C=O) groups excluding carboxylic acids is 1. The molecular weight excluding hydrogens is 452 g/mol. The van der Waals surface area contributed by atoms with Gasteiger partial charge in [0.25, 0.3) is 5.91 Å². The summed E-state index contributed by atoms with van der Waals surface area (Å²) in [6.45, 7) is 3.07. The minimum Gasteiger partial charge on any atom is -0.480 e. The van der Waals surface area contributed by atoms with E-state index in [2.05, 4.69) is 30.0 Å². The summed E-state index contributed by atoms with van der Waals surface area (Å²) in [5.41, 5.74) is 2.42. The molecule has 1 amide bonds. The monoisotopic (exact) mass is 478 g/mol. The van der Waals surface area contributed by atoms with E-state index in [9.17, 15) is 4.79 Å². The van der Waals surface area contributed by atoms with E-state index in [1.165, 1.54) is 17.8 Å². The van der Waals surface area contributed by atoms with Crippen molar-refractivity contribution >= 4 is 33.1 Å². The predicted octanol–water partition coefficient (Wildman–Crippen LogP) is 4.39. The lowest BCUT2D eigenvalue weighted by molar-refractivity contribution is 0.103. The fourth-order valence-electron chi connectivity index (χ4n) is 4.32. The molecule has 1 N–H and O–H groups in total. The maximum Gasteiger partial charge on any atom is 0.266 e. The Balaban J connectivity index is 1.44. The molecule has 0 spiro atoms. The largest absolute Gasteiger partial charge is 0.480 e. The first-order valence-electron chi connectivity index (χ1n) is 11.3. The van der Waals surface area contributed by atoms with Gasteiger partial charge in [-0.2, -0.15) is 4.98 Å². The quantitative estimate of drug-likeness (QED) is 0.438. The van der Waals surface area contributed by atoms with Crippen LogP contribution in [0, 0.1) is 6.92 Å². The van der Waals surface area contributed by atoms with Crippen LogP contribution in [0.1, 0.15) is 46.1 Å². The lowest BCUT2D eigenvalue weighted by Gasteiger charge is -2.09. The Hall–Kier alpha value is -3.37. The lowest BCUT2D eigenvalue weighted by Crippen LogP contribution is -2.11. The van der Waals surface area contributed by atoms with E-state index in [4.69, 9.17) is 9.47 Å². The van der Waals surface area contributed by atoms with Crippen LogP contribution in [-0.2, 0) is 24.3 Å². The highest BCUT2D eigenvalue weighted by atomic mass is 32.1. The number of rotatable bonds is 6. The number of benzene rings is 1. The number of methoxy groups -OCH3 is 2. The Morgan fingerprint density at radius 3 is 2.88 bits per heavy atom. The third-order valence-corrected chi connectivity index (χ3v) is 7.15. The van der Waals surface area contributed by atoms with Gasteiger partial charge in [-0.3, -0.25) is 4.79 Å². The Bertz CT molecular complexity index is 1360. The van der Waals surface area contributed by atoms with Gasteiger partial charge in [0.15, 0.2) is 11.6 Å². The molecule has 0 atom stereocenters. The molecule has 0 saturated heterocycles. The van der Waals surface area contributed by atoms with Crippen LogP contribution in [0.15, 0.2) is 24.3 Å². The molecule has 1 aromatic carbocycles. The smallest absolute Gasteiger partial charge is 0.266 e. The second-order valence-corrected chi connectivity index (χ2v) is 9.25. The molecule has 0 radical (unpaired) electrons. The number of anilines is 1. The number of carbonyl (C=O) groups is 1. The number of thiophene rings is 1. The van der Waals surface area contributed by atoms with E-state index in [0.29, 0.717) is 27.1 Å². The molecule has 4 aromatic rings. The summed E-state index contributed by atoms with van der Waals surface area (Å²) < 4.78 is 12.8. The standard InChI is InChI=1S/C24H26N6O3S/c1-14-19-23(33-3)26-17(13-32-2)27-24(19)34-20(14)22(31)25-16-9-7-8-15(12-16)21-29-28-18-10-5-4-6-11-30(18)21/h7-9,12H,4-6,10-11,13H2,1-3H3,(H,25,31). The lowest BCUT2D eigenvalue weighted by atomic mass is 10.1. The molecule has 34 heavy (non-hydrogen) atoms. The first-order valence-corrected chi connectivity index (χ1v) is 12.1. The molecule has 4 heterocycles. The van der Waals surface area contributed by atoms with Crippen molar-refractivity contribution in [2.75, 3.05) is 19.5 Å².